The lowest BCUT2D eigenvalue weighted by Crippen LogP contribution is -2.44. The van der Waals surface area contributed by atoms with Gasteiger partial charge in [0.25, 0.3) is 0 Å². The number of rotatable bonds is 3. The summed E-state index contributed by atoms with van der Waals surface area (Å²) >= 11 is 0. The van der Waals surface area contributed by atoms with Crippen LogP contribution in [0.1, 0.15) is 32.6 Å². The summed E-state index contributed by atoms with van der Waals surface area (Å²) in [6.07, 6.45) is 7.62. The number of ether oxygens (including phenoxy) is 1. The van der Waals surface area contributed by atoms with Gasteiger partial charge in [0.05, 0.1) is 6.20 Å². The Morgan fingerprint density at radius 3 is 2.74 bits per heavy atom. The molecule has 19 heavy (non-hydrogen) atoms. The van der Waals surface area contributed by atoms with Crippen molar-refractivity contribution in [2.24, 2.45) is 5.41 Å². The van der Waals surface area contributed by atoms with Gasteiger partial charge in [-0.05, 0) is 25.0 Å². The first-order valence-electron chi connectivity index (χ1n) is 7.03. The quantitative estimate of drug-likeness (QED) is 0.837. The third-order valence-corrected chi connectivity index (χ3v) is 4.18. The van der Waals surface area contributed by atoms with Crippen molar-refractivity contribution in [1.82, 2.24) is 9.88 Å². The molecular weight excluding hydrogens is 240 g/mol. The molecule has 2 fully saturated rings. The Bertz CT molecular complexity index is 448. The Morgan fingerprint density at radius 1 is 1.42 bits per heavy atom. The molecule has 102 valence electrons. The molecule has 1 aromatic rings. The van der Waals surface area contributed by atoms with E-state index in [0.29, 0.717) is 5.91 Å². The zero-order chi connectivity index (χ0) is 13.3. The molecule has 2 aliphatic rings. The van der Waals surface area contributed by atoms with Crippen LogP contribution in [0.5, 0.6) is 5.75 Å². The molecule has 0 spiro atoms. The van der Waals surface area contributed by atoms with Gasteiger partial charge in [0.15, 0.2) is 0 Å². The summed E-state index contributed by atoms with van der Waals surface area (Å²) in [5, 5.41) is 0. The fourth-order valence-corrected chi connectivity index (χ4v) is 2.57. The van der Waals surface area contributed by atoms with E-state index in [1.807, 2.05) is 17.0 Å². The monoisotopic (exact) mass is 260 g/mol. The Labute approximate surface area is 113 Å². The molecule has 1 saturated carbocycles. The van der Waals surface area contributed by atoms with E-state index in [1.165, 1.54) is 0 Å². The predicted molar refractivity (Wildman–Crippen MR) is 71.8 cm³/mol. The molecule has 4 nitrogen and oxygen atoms in total. The van der Waals surface area contributed by atoms with Crippen molar-refractivity contribution in [2.45, 2.75) is 38.7 Å². The molecule has 0 bridgehead atoms. The van der Waals surface area contributed by atoms with Gasteiger partial charge >= 0.3 is 0 Å². The van der Waals surface area contributed by atoms with E-state index in [0.717, 1.165) is 44.5 Å². The maximum atomic E-state index is 12.2. The van der Waals surface area contributed by atoms with Crippen LogP contribution in [0.2, 0.25) is 0 Å². The summed E-state index contributed by atoms with van der Waals surface area (Å²) in [6.45, 7) is 3.71. The molecule has 0 atom stereocenters. The van der Waals surface area contributed by atoms with Crippen LogP contribution >= 0.6 is 0 Å². The number of carbonyl (C=O) groups excluding carboxylic acids is 1. The van der Waals surface area contributed by atoms with Crippen LogP contribution in [0, 0.1) is 5.41 Å². The summed E-state index contributed by atoms with van der Waals surface area (Å²) in [6, 6.07) is 3.80. The molecule has 4 heteroatoms. The van der Waals surface area contributed by atoms with Crippen LogP contribution in [0.15, 0.2) is 24.5 Å². The van der Waals surface area contributed by atoms with E-state index in [1.54, 1.807) is 12.4 Å². The molecule has 2 heterocycles. The maximum Gasteiger partial charge on any atom is 0.228 e. The van der Waals surface area contributed by atoms with Gasteiger partial charge in [0.2, 0.25) is 5.91 Å². The van der Waals surface area contributed by atoms with E-state index in [4.69, 9.17) is 4.74 Å². The van der Waals surface area contributed by atoms with Crippen molar-refractivity contribution in [3.8, 4) is 5.75 Å². The molecule has 1 aromatic heterocycles. The fourth-order valence-electron chi connectivity index (χ4n) is 2.57. The van der Waals surface area contributed by atoms with E-state index in [2.05, 4.69) is 11.9 Å². The minimum absolute atomic E-state index is 0.0446. The minimum Gasteiger partial charge on any atom is -0.489 e. The van der Waals surface area contributed by atoms with Gasteiger partial charge in [0, 0.05) is 37.5 Å². The average Bonchev–Trinajstić information content (AvgIpc) is 3.19. The summed E-state index contributed by atoms with van der Waals surface area (Å²) in [5.74, 6) is 1.16. The second-order valence-electron chi connectivity index (χ2n) is 5.86. The first kappa shape index (κ1) is 12.5. The lowest BCUT2D eigenvalue weighted by molar-refractivity contribution is -0.138. The molecule has 1 amide bonds. The van der Waals surface area contributed by atoms with Crippen molar-refractivity contribution in [3.63, 3.8) is 0 Å². The van der Waals surface area contributed by atoms with Gasteiger partial charge in [-0.2, -0.15) is 0 Å². The lowest BCUT2D eigenvalue weighted by Gasteiger charge is -2.33. The van der Waals surface area contributed by atoms with Gasteiger partial charge in [-0.15, -0.1) is 0 Å². The zero-order valence-electron chi connectivity index (χ0n) is 11.3. The molecule has 1 saturated heterocycles. The van der Waals surface area contributed by atoms with E-state index >= 15 is 0 Å². The average molecular weight is 260 g/mol. The number of likely N-dealkylation sites (tertiary alicyclic amines) is 1. The Kier molecular flexibility index (Phi) is 3.17. The third-order valence-electron chi connectivity index (χ3n) is 4.18. The number of hydrogen-bond donors (Lipinski definition) is 0. The van der Waals surface area contributed by atoms with Crippen LogP contribution in [-0.2, 0) is 4.79 Å². The summed E-state index contributed by atoms with van der Waals surface area (Å²) < 4.78 is 5.88. The topological polar surface area (TPSA) is 42.4 Å². The molecular formula is C15H20N2O2. The van der Waals surface area contributed by atoms with E-state index < -0.39 is 0 Å². The van der Waals surface area contributed by atoms with E-state index in [9.17, 15) is 4.79 Å². The van der Waals surface area contributed by atoms with Crippen molar-refractivity contribution in [1.29, 1.82) is 0 Å². The smallest absolute Gasteiger partial charge is 0.228 e. The van der Waals surface area contributed by atoms with Crippen molar-refractivity contribution in [2.75, 3.05) is 13.1 Å². The van der Waals surface area contributed by atoms with Gasteiger partial charge in [0.1, 0.15) is 11.9 Å². The SMILES string of the molecule is CC1(C(=O)N2CCC(Oc3cccnc3)CC2)CC1. The maximum absolute atomic E-state index is 12.2. The van der Waals surface area contributed by atoms with Crippen LogP contribution < -0.4 is 4.74 Å². The largest absolute Gasteiger partial charge is 0.489 e. The Balaban J connectivity index is 1.51. The van der Waals surface area contributed by atoms with Crippen molar-refractivity contribution < 1.29 is 9.53 Å². The highest BCUT2D eigenvalue weighted by atomic mass is 16.5. The van der Waals surface area contributed by atoms with Crippen LogP contribution in [0.3, 0.4) is 0 Å². The normalized spacial score (nSPS) is 22.1. The van der Waals surface area contributed by atoms with Gasteiger partial charge in [-0.25, -0.2) is 0 Å². The molecule has 3 rings (SSSR count). The highest BCUT2D eigenvalue weighted by Gasteiger charge is 2.47. The molecule has 0 aromatic carbocycles. The van der Waals surface area contributed by atoms with Crippen LogP contribution in [0.4, 0.5) is 0 Å². The Hall–Kier alpha value is -1.58. The number of hydrogen-bond acceptors (Lipinski definition) is 3. The third kappa shape index (κ3) is 2.72. The number of amides is 1. The highest BCUT2D eigenvalue weighted by Crippen LogP contribution is 2.46. The fraction of sp³-hybridized carbons (Fsp3) is 0.600. The predicted octanol–water partition coefficient (Wildman–Crippen LogP) is 2.25. The summed E-state index contributed by atoms with van der Waals surface area (Å²) in [7, 11) is 0. The molecule has 0 unspecified atom stereocenters. The van der Waals surface area contributed by atoms with E-state index in [-0.39, 0.29) is 11.5 Å². The van der Waals surface area contributed by atoms with Crippen LogP contribution in [-0.4, -0.2) is 35.0 Å². The zero-order valence-corrected chi connectivity index (χ0v) is 11.3. The van der Waals surface area contributed by atoms with Gasteiger partial charge in [-0.1, -0.05) is 6.92 Å². The number of pyridine rings is 1. The van der Waals surface area contributed by atoms with Crippen molar-refractivity contribution >= 4 is 5.91 Å². The first-order chi connectivity index (χ1) is 9.17. The second-order valence-corrected chi connectivity index (χ2v) is 5.86. The number of aromatic nitrogens is 1. The molecule has 0 N–H and O–H groups in total. The molecule has 1 aliphatic carbocycles. The standard InChI is InChI=1S/C15H20N2O2/c1-15(6-7-15)14(18)17-9-4-12(5-10-17)19-13-3-2-8-16-11-13/h2-3,8,11-12H,4-7,9-10H2,1H3. The molecule has 1 aliphatic heterocycles. The van der Waals surface area contributed by atoms with Crippen molar-refractivity contribution in [3.05, 3.63) is 24.5 Å². The number of nitrogens with zero attached hydrogens (tertiary/aromatic N) is 2. The van der Waals surface area contributed by atoms with Gasteiger partial charge in [-0.3, -0.25) is 9.78 Å². The summed E-state index contributed by atoms with van der Waals surface area (Å²) in [5.41, 5.74) is -0.0446. The first-order valence-corrected chi connectivity index (χ1v) is 7.03. The second kappa shape index (κ2) is 4.83. The lowest BCUT2D eigenvalue weighted by atomic mass is 10.0. The Morgan fingerprint density at radius 2 is 2.16 bits per heavy atom. The number of carbonyl (C=O) groups is 1. The minimum atomic E-state index is -0.0446. The van der Waals surface area contributed by atoms with Crippen LogP contribution in [0.25, 0.3) is 0 Å². The molecule has 0 radical (unpaired) electrons. The number of piperidine rings is 1. The summed E-state index contributed by atoms with van der Waals surface area (Å²) in [4.78, 5) is 18.3. The highest BCUT2D eigenvalue weighted by molar-refractivity contribution is 5.84. The van der Waals surface area contributed by atoms with Gasteiger partial charge < -0.3 is 9.64 Å².